The van der Waals surface area contributed by atoms with E-state index >= 15 is 0 Å². The van der Waals surface area contributed by atoms with Gasteiger partial charge in [0.15, 0.2) is 0 Å². The number of rotatable bonds is 11. The molecule has 4 rings (SSSR count). The number of nitrogens with one attached hydrogen (secondary N) is 3. The fourth-order valence-electron chi connectivity index (χ4n) is 4.41. The first kappa shape index (κ1) is 23.3. The minimum atomic E-state index is 0.0136. The van der Waals surface area contributed by atoms with Crippen LogP contribution in [0.3, 0.4) is 0 Å². The Hall–Kier alpha value is -1.86. The van der Waals surface area contributed by atoms with Gasteiger partial charge in [0.05, 0.1) is 17.2 Å². The van der Waals surface area contributed by atoms with Crippen LogP contribution in [0.15, 0.2) is 36.5 Å². The van der Waals surface area contributed by atoms with E-state index in [2.05, 4.69) is 51.3 Å². The summed E-state index contributed by atoms with van der Waals surface area (Å²) in [5.74, 6) is 0.884. The molecule has 2 aliphatic rings. The molecule has 3 N–H and O–H groups in total. The van der Waals surface area contributed by atoms with Crippen LogP contribution >= 0.6 is 11.6 Å². The van der Waals surface area contributed by atoms with Crippen LogP contribution in [0.1, 0.15) is 38.5 Å². The molecule has 2 saturated carbocycles. The third-order valence-electron chi connectivity index (χ3n) is 6.70. The molecular formula is C25H35ClN4O2. The van der Waals surface area contributed by atoms with Gasteiger partial charge in [0.25, 0.3) is 0 Å². The number of aromatic nitrogens is 1. The summed E-state index contributed by atoms with van der Waals surface area (Å²) in [6.07, 6.45) is 8.58. The highest BCUT2D eigenvalue weighted by Crippen LogP contribution is 2.39. The van der Waals surface area contributed by atoms with Gasteiger partial charge in [-0.25, -0.2) is 4.98 Å². The Balaban J connectivity index is 1.36. The molecule has 0 atom stereocenters. The molecule has 7 heteroatoms. The van der Waals surface area contributed by atoms with Crippen molar-refractivity contribution in [2.45, 2.75) is 56.2 Å². The van der Waals surface area contributed by atoms with E-state index in [0.717, 1.165) is 68.0 Å². The van der Waals surface area contributed by atoms with Crippen LogP contribution in [0.2, 0.25) is 5.02 Å². The van der Waals surface area contributed by atoms with Gasteiger partial charge in [0.1, 0.15) is 5.82 Å². The Bertz CT molecular complexity index is 882. The van der Waals surface area contributed by atoms with Crippen molar-refractivity contribution >= 4 is 23.1 Å². The van der Waals surface area contributed by atoms with Crippen LogP contribution < -0.4 is 16.0 Å². The first-order chi connectivity index (χ1) is 15.6. The van der Waals surface area contributed by atoms with Gasteiger partial charge in [0.2, 0.25) is 0 Å². The molecule has 0 saturated heterocycles. The fraction of sp³-hybridized carbons (Fsp3) is 0.560. The number of pyridine rings is 1. The van der Waals surface area contributed by atoms with Crippen LogP contribution in [0.25, 0.3) is 11.1 Å². The van der Waals surface area contributed by atoms with Crippen molar-refractivity contribution in [3.8, 4) is 11.1 Å². The van der Waals surface area contributed by atoms with E-state index in [0.29, 0.717) is 17.1 Å². The van der Waals surface area contributed by atoms with Crippen LogP contribution in [0.5, 0.6) is 0 Å². The van der Waals surface area contributed by atoms with Crippen molar-refractivity contribution in [3.63, 3.8) is 0 Å². The molecule has 2 aromatic rings. The van der Waals surface area contributed by atoms with Crippen molar-refractivity contribution in [1.29, 1.82) is 0 Å². The smallest absolute Gasteiger partial charge is 0.126 e. The van der Waals surface area contributed by atoms with Gasteiger partial charge in [-0.3, -0.25) is 0 Å². The topological polar surface area (TPSA) is 67.4 Å². The Morgan fingerprint density at radius 2 is 1.88 bits per heavy atom. The molecule has 0 aliphatic heterocycles. The van der Waals surface area contributed by atoms with Gasteiger partial charge in [-0.15, -0.1) is 0 Å². The number of methoxy groups -OCH3 is 2. The molecule has 0 spiro atoms. The second kappa shape index (κ2) is 10.8. The van der Waals surface area contributed by atoms with Crippen molar-refractivity contribution in [2.24, 2.45) is 0 Å². The van der Waals surface area contributed by atoms with E-state index in [1.807, 2.05) is 0 Å². The first-order valence-corrected chi connectivity index (χ1v) is 12.0. The molecule has 0 bridgehead atoms. The van der Waals surface area contributed by atoms with E-state index < -0.39 is 0 Å². The number of hydrogen-bond acceptors (Lipinski definition) is 6. The zero-order valence-corrected chi connectivity index (χ0v) is 19.9. The number of hydrogen-bond donors (Lipinski definition) is 3. The van der Waals surface area contributed by atoms with E-state index in [1.54, 1.807) is 20.4 Å². The van der Waals surface area contributed by atoms with Gasteiger partial charge >= 0.3 is 0 Å². The van der Waals surface area contributed by atoms with Crippen LogP contribution in [-0.2, 0) is 9.47 Å². The van der Waals surface area contributed by atoms with Gasteiger partial charge < -0.3 is 25.4 Å². The summed E-state index contributed by atoms with van der Waals surface area (Å²) in [6, 6.07) is 11.5. The van der Waals surface area contributed by atoms with Gasteiger partial charge in [-0.05, 0) is 62.3 Å². The van der Waals surface area contributed by atoms with Crippen LogP contribution in [0.4, 0.5) is 11.5 Å². The zero-order valence-electron chi connectivity index (χ0n) is 19.1. The summed E-state index contributed by atoms with van der Waals surface area (Å²) in [4.78, 5) is 4.54. The Labute approximate surface area is 196 Å². The standard InChI is InChI=1S/C25H35ClN4O2/c1-31-13-12-27-19-6-8-20(9-7-19)30-24-15-22(23(26)16-28-24)18-4-3-5-21(14-18)29-17-25(32-2)10-11-25/h3-5,14-16,19-20,27,29H,6-13,17H2,1-2H3,(H,28,30). The Morgan fingerprint density at radius 3 is 2.59 bits per heavy atom. The molecule has 6 nitrogen and oxygen atoms in total. The van der Waals surface area contributed by atoms with Crippen molar-refractivity contribution in [1.82, 2.24) is 10.3 Å². The Morgan fingerprint density at radius 1 is 1.09 bits per heavy atom. The highest BCUT2D eigenvalue weighted by molar-refractivity contribution is 6.33. The lowest BCUT2D eigenvalue weighted by Crippen LogP contribution is -2.38. The summed E-state index contributed by atoms with van der Waals surface area (Å²) in [5, 5.41) is 11.4. The summed E-state index contributed by atoms with van der Waals surface area (Å²) in [5.41, 5.74) is 3.17. The second-order valence-electron chi connectivity index (χ2n) is 9.01. The number of ether oxygens (including phenoxy) is 2. The van der Waals surface area contributed by atoms with Gasteiger partial charge in [0, 0.05) is 56.8 Å². The molecule has 2 fully saturated rings. The monoisotopic (exact) mass is 458 g/mol. The number of nitrogens with zero attached hydrogens (tertiary/aromatic N) is 1. The van der Waals surface area contributed by atoms with E-state index in [1.165, 1.54) is 12.8 Å². The van der Waals surface area contributed by atoms with Crippen molar-refractivity contribution in [2.75, 3.05) is 44.5 Å². The molecular weight excluding hydrogens is 424 g/mol. The van der Waals surface area contributed by atoms with E-state index in [9.17, 15) is 0 Å². The average Bonchev–Trinajstić information content (AvgIpc) is 3.61. The average molecular weight is 459 g/mol. The predicted molar refractivity (Wildman–Crippen MR) is 132 cm³/mol. The zero-order chi connectivity index (χ0) is 22.4. The Kier molecular flexibility index (Phi) is 7.89. The maximum Gasteiger partial charge on any atom is 0.126 e. The first-order valence-electron chi connectivity index (χ1n) is 11.6. The number of benzene rings is 1. The highest BCUT2D eigenvalue weighted by atomic mass is 35.5. The molecule has 2 aliphatic carbocycles. The third kappa shape index (κ3) is 6.13. The number of halogens is 1. The molecule has 1 aromatic heterocycles. The quantitative estimate of drug-likeness (QED) is 0.414. The van der Waals surface area contributed by atoms with Crippen LogP contribution in [-0.4, -0.2) is 56.6 Å². The van der Waals surface area contributed by atoms with E-state index in [4.69, 9.17) is 21.1 Å². The molecule has 1 aromatic carbocycles. The molecule has 32 heavy (non-hydrogen) atoms. The van der Waals surface area contributed by atoms with Crippen molar-refractivity contribution in [3.05, 3.63) is 41.6 Å². The molecule has 0 amide bonds. The van der Waals surface area contributed by atoms with Crippen molar-refractivity contribution < 1.29 is 9.47 Å². The lowest BCUT2D eigenvalue weighted by atomic mass is 9.91. The minimum Gasteiger partial charge on any atom is -0.383 e. The van der Waals surface area contributed by atoms with Gasteiger partial charge in [-0.2, -0.15) is 0 Å². The lowest BCUT2D eigenvalue weighted by molar-refractivity contribution is 0.0914. The van der Waals surface area contributed by atoms with Crippen LogP contribution in [0, 0.1) is 0 Å². The maximum atomic E-state index is 6.54. The predicted octanol–water partition coefficient (Wildman–Crippen LogP) is 4.95. The molecule has 174 valence electrons. The van der Waals surface area contributed by atoms with Gasteiger partial charge in [-0.1, -0.05) is 23.7 Å². The SMILES string of the molecule is COCCNC1CCC(Nc2cc(-c3cccc(NCC4(OC)CC4)c3)c(Cl)cn2)CC1. The summed E-state index contributed by atoms with van der Waals surface area (Å²) >= 11 is 6.54. The largest absolute Gasteiger partial charge is 0.383 e. The fourth-order valence-corrected chi connectivity index (χ4v) is 4.62. The number of anilines is 2. The summed E-state index contributed by atoms with van der Waals surface area (Å²) in [6.45, 7) is 2.51. The second-order valence-corrected chi connectivity index (χ2v) is 9.42. The normalized spacial score (nSPS) is 21.8. The maximum absolute atomic E-state index is 6.54. The summed E-state index contributed by atoms with van der Waals surface area (Å²) < 4.78 is 10.7. The molecule has 0 radical (unpaired) electrons. The summed E-state index contributed by atoms with van der Waals surface area (Å²) in [7, 11) is 3.54. The highest BCUT2D eigenvalue weighted by Gasteiger charge is 2.42. The molecule has 1 heterocycles. The third-order valence-corrected chi connectivity index (χ3v) is 7.00. The minimum absolute atomic E-state index is 0.0136. The lowest BCUT2D eigenvalue weighted by Gasteiger charge is -2.30. The van der Waals surface area contributed by atoms with E-state index in [-0.39, 0.29) is 5.60 Å². The molecule has 0 unspecified atom stereocenters.